The fraction of sp³-hybridized carbons (Fsp3) is 0.692. The van der Waals surface area contributed by atoms with E-state index in [1.165, 1.54) is 0 Å². The number of amides is 1. The fourth-order valence-corrected chi connectivity index (χ4v) is 2.58. The van der Waals surface area contributed by atoms with Gasteiger partial charge in [-0.1, -0.05) is 0 Å². The SMILES string of the molecule is CC(C)(C)OOC(=O)N1CC(F)(F)C[C@H]1Cn1cc(I)cn1. The average molecular weight is 429 g/mol. The second-order valence-electron chi connectivity index (χ2n) is 6.27. The molecule has 0 saturated carbocycles. The minimum absolute atomic E-state index is 0.184. The van der Waals surface area contributed by atoms with Crippen molar-refractivity contribution in [2.45, 2.75) is 51.3 Å². The monoisotopic (exact) mass is 429 g/mol. The third-order valence-corrected chi connectivity index (χ3v) is 3.53. The second-order valence-corrected chi connectivity index (χ2v) is 7.51. The number of hydrogen-bond acceptors (Lipinski definition) is 4. The van der Waals surface area contributed by atoms with E-state index < -0.39 is 36.6 Å². The number of rotatable bonds is 3. The van der Waals surface area contributed by atoms with Gasteiger partial charge in [0.05, 0.1) is 28.9 Å². The van der Waals surface area contributed by atoms with Gasteiger partial charge < -0.3 is 0 Å². The maximum absolute atomic E-state index is 13.7. The maximum atomic E-state index is 13.7. The Morgan fingerprint density at radius 2 is 2.23 bits per heavy atom. The molecule has 1 aliphatic heterocycles. The van der Waals surface area contributed by atoms with Crippen LogP contribution in [0, 0.1) is 3.57 Å². The summed E-state index contributed by atoms with van der Waals surface area (Å²) in [5.74, 6) is -2.94. The molecule has 0 aromatic carbocycles. The Bertz CT molecular complexity index is 545. The van der Waals surface area contributed by atoms with Gasteiger partial charge >= 0.3 is 6.09 Å². The molecule has 1 aromatic rings. The van der Waals surface area contributed by atoms with Crippen LogP contribution in [0.3, 0.4) is 0 Å². The van der Waals surface area contributed by atoms with Crippen LogP contribution in [-0.2, 0) is 16.3 Å². The Balaban J connectivity index is 2.04. The fourth-order valence-electron chi connectivity index (χ4n) is 2.14. The molecule has 1 aromatic heterocycles. The van der Waals surface area contributed by atoms with Crippen molar-refractivity contribution in [3.63, 3.8) is 0 Å². The normalized spacial score (nSPS) is 21.2. The lowest BCUT2D eigenvalue weighted by Crippen LogP contribution is -2.40. The summed E-state index contributed by atoms with van der Waals surface area (Å²) in [6, 6.07) is -0.693. The van der Waals surface area contributed by atoms with Crippen molar-refractivity contribution in [2.24, 2.45) is 0 Å². The van der Waals surface area contributed by atoms with Gasteiger partial charge in [-0.3, -0.25) is 14.5 Å². The highest BCUT2D eigenvalue weighted by Crippen LogP contribution is 2.33. The van der Waals surface area contributed by atoms with Gasteiger partial charge in [0.1, 0.15) is 5.60 Å². The zero-order chi connectivity index (χ0) is 16.5. The highest BCUT2D eigenvalue weighted by molar-refractivity contribution is 14.1. The highest BCUT2D eigenvalue weighted by Gasteiger charge is 2.48. The van der Waals surface area contributed by atoms with Crippen molar-refractivity contribution in [1.82, 2.24) is 14.7 Å². The predicted octanol–water partition coefficient (Wildman–Crippen LogP) is 3.06. The summed E-state index contributed by atoms with van der Waals surface area (Å²) in [4.78, 5) is 22.6. The standard InChI is InChI=1S/C13H18F2IN3O3/c1-12(2,3)22-21-11(20)19-8-13(14,15)4-10(19)7-18-6-9(16)5-17-18/h5-6,10H,4,7-8H2,1-3H3/t10-/m0/s1. The van der Waals surface area contributed by atoms with Crippen molar-refractivity contribution < 1.29 is 23.4 Å². The third kappa shape index (κ3) is 4.77. The summed E-state index contributed by atoms with van der Waals surface area (Å²) >= 11 is 2.08. The number of aromatic nitrogens is 2. The van der Waals surface area contributed by atoms with Gasteiger partial charge in [-0.15, -0.1) is 0 Å². The molecular weight excluding hydrogens is 411 g/mol. The molecule has 0 spiro atoms. The summed E-state index contributed by atoms with van der Waals surface area (Å²) < 4.78 is 29.8. The van der Waals surface area contributed by atoms with E-state index in [2.05, 4.69) is 32.6 Å². The van der Waals surface area contributed by atoms with Gasteiger partial charge in [-0.25, -0.2) is 13.6 Å². The minimum atomic E-state index is -2.94. The zero-order valence-corrected chi connectivity index (χ0v) is 14.7. The van der Waals surface area contributed by atoms with Crippen LogP contribution in [-0.4, -0.2) is 44.9 Å². The van der Waals surface area contributed by atoms with Crippen LogP contribution in [0.2, 0.25) is 0 Å². The van der Waals surface area contributed by atoms with Crippen LogP contribution in [0.1, 0.15) is 27.2 Å². The molecule has 1 fully saturated rings. The number of hydrogen-bond donors (Lipinski definition) is 0. The van der Waals surface area contributed by atoms with Gasteiger partial charge in [0, 0.05) is 12.6 Å². The number of carbonyl (C=O) groups excluding carboxylic acids is 1. The molecule has 124 valence electrons. The first-order valence-electron chi connectivity index (χ1n) is 6.78. The van der Waals surface area contributed by atoms with Crippen molar-refractivity contribution in [2.75, 3.05) is 6.54 Å². The molecule has 9 heteroatoms. The first-order chi connectivity index (χ1) is 10.1. The number of carbonyl (C=O) groups is 1. The van der Waals surface area contributed by atoms with E-state index >= 15 is 0 Å². The molecule has 0 bridgehead atoms. The minimum Gasteiger partial charge on any atom is -0.295 e. The zero-order valence-electron chi connectivity index (χ0n) is 12.6. The molecule has 2 heterocycles. The second kappa shape index (κ2) is 6.26. The average Bonchev–Trinajstić information content (AvgIpc) is 2.89. The Kier molecular flexibility index (Phi) is 4.95. The first-order valence-corrected chi connectivity index (χ1v) is 7.86. The lowest BCUT2D eigenvalue weighted by molar-refractivity contribution is -0.306. The molecule has 2 rings (SSSR count). The number of alkyl halides is 2. The van der Waals surface area contributed by atoms with Gasteiger partial charge in [0.2, 0.25) is 0 Å². The number of halogens is 3. The summed E-state index contributed by atoms with van der Waals surface area (Å²) in [6.07, 6.45) is 2.03. The van der Waals surface area contributed by atoms with E-state index in [4.69, 9.17) is 4.89 Å². The molecule has 0 radical (unpaired) electrons. The molecule has 0 aliphatic carbocycles. The molecule has 1 saturated heterocycles. The van der Waals surface area contributed by atoms with Crippen LogP contribution < -0.4 is 0 Å². The molecular formula is C13H18F2IN3O3. The molecule has 0 unspecified atom stereocenters. The van der Waals surface area contributed by atoms with Crippen molar-refractivity contribution >= 4 is 28.7 Å². The van der Waals surface area contributed by atoms with E-state index in [0.29, 0.717) is 0 Å². The summed E-state index contributed by atoms with van der Waals surface area (Å²) in [6.45, 7) is 4.59. The van der Waals surface area contributed by atoms with E-state index in [1.54, 1.807) is 37.8 Å². The first kappa shape index (κ1) is 17.4. The van der Waals surface area contributed by atoms with Gasteiger partial charge in [0.15, 0.2) is 0 Å². The molecule has 1 atom stereocenters. The van der Waals surface area contributed by atoms with Gasteiger partial charge in [-0.2, -0.15) is 9.99 Å². The van der Waals surface area contributed by atoms with Crippen LogP contribution >= 0.6 is 22.6 Å². The Hall–Kier alpha value is -0.970. The lowest BCUT2D eigenvalue weighted by atomic mass is 10.2. The quantitative estimate of drug-likeness (QED) is 0.421. The number of nitrogens with zero attached hydrogens (tertiary/aromatic N) is 3. The van der Waals surface area contributed by atoms with Crippen molar-refractivity contribution in [3.05, 3.63) is 16.0 Å². The van der Waals surface area contributed by atoms with E-state index in [1.807, 2.05) is 0 Å². The van der Waals surface area contributed by atoms with Crippen LogP contribution in [0.5, 0.6) is 0 Å². The van der Waals surface area contributed by atoms with Gasteiger partial charge in [-0.05, 0) is 43.4 Å². The van der Waals surface area contributed by atoms with Crippen molar-refractivity contribution in [1.29, 1.82) is 0 Å². The summed E-state index contributed by atoms with van der Waals surface area (Å²) in [7, 11) is 0. The van der Waals surface area contributed by atoms with E-state index in [-0.39, 0.29) is 6.54 Å². The molecule has 1 amide bonds. The molecule has 22 heavy (non-hydrogen) atoms. The highest BCUT2D eigenvalue weighted by atomic mass is 127. The third-order valence-electron chi connectivity index (χ3n) is 2.97. The Morgan fingerprint density at radius 1 is 1.55 bits per heavy atom. The molecule has 6 nitrogen and oxygen atoms in total. The van der Waals surface area contributed by atoms with Crippen LogP contribution in [0.4, 0.5) is 13.6 Å². The van der Waals surface area contributed by atoms with Crippen molar-refractivity contribution in [3.8, 4) is 0 Å². The topological polar surface area (TPSA) is 56.6 Å². The van der Waals surface area contributed by atoms with Crippen LogP contribution in [0.25, 0.3) is 0 Å². The molecule has 1 aliphatic rings. The smallest absolute Gasteiger partial charge is 0.295 e. The van der Waals surface area contributed by atoms with E-state index in [9.17, 15) is 13.6 Å². The van der Waals surface area contributed by atoms with Gasteiger partial charge in [0.25, 0.3) is 5.92 Å². The maximum Gasteiger partial charge on any atom is 0.441 e. The number of likely N-dealkylation sites (tertiary alicyclic amines) is 1. The largest absolute Gasteiger partial charge is 0.441 e. The lowest BCUT2D eigenvalue weighted by Gasteiger charge is -2.24. The Morgan fingerprint density at radius 3 is 2.77 bits per heavy atom. The summed E-state index contributed by atoms with van der Waals surface area (Å²) in [5.41, 5.74) is -0.703. The summed E-state index contributed by atoms with van der Waals surface area (Å²) in [5, 5.41) is 4.06. The molecule has 0 N–H and O–H groups in total. The van der Waals surface area contributed by atoms with Crippen LogP contribution in [0.15, 0.2) is 12.4 Å². The Labute approximate surface area is 140 Å². The predicted molar refractivity (Wildman–Crippen MR) is 82.3 cm³/mol. The van der Waals surface area contributed by atoms with E-state index in [0.717, 1.165) is 8.47 Å².